The zero-order valence-corrected chi connectivity index (χ0v) is 16.1. The Balaban J connectivity index is 1.67. The number of benzene rings is 2. The predicted octanol–water partition coefficient (Wildman–Crippen LogP) is 3.22. The van der Waals surface area contributed by atoms with Crippen LogP contribution in [-0.2, 0) is 27.5 Å². The number of imide groups is 1. The lowest BCUT2D eigenvalue weighted by atomic mass is 10.0. The smallest absolute Gasteiger partial charge is 0.328 e. The number of hydrogen-bond donors (Lipinski definition) is 0. The van der Waals surface area contributed by atoms with E-state index in [0.717, 1.165) is 16.0 Å². The summed E-state index contributed by atoms with van der Waals surface area (Å²) < 4.78 is 5.23. The summed E-state index contributed by atoms with van der Waals surface area (Å²) in [5.41, 5.74) is 1.78. The molecule has 2 aromatic carbocycles. The SMILES string of the molecule is CC(C)C1C(=O)N(CC(=O)OCc2ccccc2)C(=O)N1Cc1ccccc1. The standard InChI is InChI=1S/C22H24N2O4/c1-16(2)20-21(26)24(14-19(25)28-15-18-11-7-4-8-12-18)22(27)23(20)13-17-9-5-3-6-10-17/h3-12,16,20H,13-15H2,1-2H3. The molecule has 3 rings (SSSR count). The minimum absolute atomic E-state index is 0.0644. The van der Waals surface area contributed by atoms with Crippen molar-refractivity contribution in [2.75, 3.05) is 6.54 Å². The summed E-state index contributed by atoms with van der Waals surface area (Å²) in [6.07, 6.45) is 0. The van der Waals surface area contributed by atoms with Crippen LogP contribution in [0.3, 0.4) is 0 Å². The van der Waals surface area contributed by atoms with Gasteiger partial charge in [-0.05, 0) is 17.0 Å². The fourth-order valence-electron chi connectivity index (χ4n) is 3.31. The molecule has 1 atom stereocenters. The molecule has 1 aliphatic heterocycles. The number of amides is 3. The molecule has 0 aliphatic carbocycles. The lowest BCUT2D eigenvalue weighted by Gasteiger charge is -2.24. The van der Waals surface area contributed by atoms with Crippen molar-refractivity contribution in [3.63, 3.8) is 0 Å². The molecule has 3 amide bonds. The van der Waals surface area contributed by atoms with Crippen molar-refractivity contribution in [1.82, 2.24) is 9.80 Å². The van der Waals surface area contributed by atoms with Gasteiger partial charge in [0.15, 0.2) is 0 Å². The van der Waals surface area contributed by atoms with Crippen LogP contribution in [0.15, 0.2) is 60.7 Å². The van der Waals surface area contributed by atoms with E-state index in [9.17, 15) is 14.4 Å². The molecule has 1 heterocycles. The van der Waals surface area contributed by atoms with Crippen LogP contribution in [0.2, 0.25) is 0 Å². The third kappa shape index (κ3) is 4.39. The second-order valence-electron chi connectivity index (χ2n) is 7.16. The van der Waals surface area contributed by atoms with Crippen molar-refractivity contribution in [3.8, 4) is 0 Å². The number of nitrogens with zero attached hydrogens (tertiary/aromatic N) is 2. The Kier molecular flexibility index (Phi) is 6.09. The highest BCUT2D eigenvalue weighted by Crippen LogP contribution is 2.25. The van der Waals surface area contributed by atoms with Crippen molar-refractivity contribution < 1.29 is 19.1 Å². The van der Waals surface area contributed by atoms with Crippen LogP contribution >= 0.6 is 0 Å². The van der Waals surface area contributed by atoms with E-state index in [1.165, 1.54) is 4.90 Å². The molecule has 1 unspecified atom stereocenters. The highest BCUT2D eigenvalue weighted by atomic mass is 16.5. The normalized spacial score (nSPS) is 16.8. The topological polar surface area (TPSA) is 66.9 Å². The van der Waals surface area contributed by atoms with E-state index < -0.39 is 18.0 Å². The summed E-state index contributed by atoms with van der Waals surface area (Å²) in [5, 5.41) is 0. The van der Waals surface area contributed by atoms with Crippen LogP contribution in [0.1, 0.15) is 25.0 Å². The number of urea groups is 1. The third-order valence-corrected chi connectivity index (χ3v) is 4.69. The molecule has 0 bridgehead atoms. The van der Waals surface area contributed by atoms with E-state index in [4.69, 9.17) is 4.74 Å². The molecule has 28 heavy (non-hydrogen) atoms. The zero-order chi connectivity index (χ0) is 20.1. The lowest BCUT2D eigenvalue weighted by molar-refractivity contribution is -0.148. The van der Waals surface area contributed by atoms with E-state index in [1.54, 1.807) is 0 Å². The fourth-order valence-corrected chi connectivity index (χ4v) is 3.31. The van der Waals surface area contributed by atoms with Gasteiger partial charge in [0.2, 0.25) is 0 Å². The van der Waals surface area contributed by atoms with E-state index in [1.807, 2.05) is 74.5 Å². The Labute approximate surface area is 164 Å². The summed E-state index contributed by atoms with van der Waals surface area (Å²) in [4.78, 5) is 40.4. The molecule has 0 saturated carbocycles. The number of ether oxygens (including phenoxy) is 1. The molecule has 0 spiro atoms. The van der Waals surface area contributed by atoms with Crippen LogP contribution in [-0.4, -0.2) is 40.3 Å². The molecule has 1 saturated heterocycles. The molecule has 1 fully saturated rings. The summed E-state index contributed by atoms with van der Waals surface area (Å²) in [5.74, 6) is -1.02. The Morgan fingerprint density at radius 3 is 2.11 bits per heavy atom. The third-order valence-electron chi connectivity index (χ3n) is 4.69. The molecule has 0 aromatic heterocycles. The molecule has 2 aromatic rings. The number of carbonyl (C=O) groups excluding carboxylic acids is 3. The largest absolute Gasteiger partial charge is 0.459 e. The molecule has 6 heteroatoms. The molecule has 146 valence electrons. The minimum Gasteiger partial charge on any atom is -0.459 e. The van der Waals surface area contributed by atoms with Gasteiger partial charge in [-0.3, -0.25) is 14.5 Å². The summed E-state index contributed by atoms with van der Waals surface area (Å²) >= 11 is 0. The average molecular weight is 380 g/mol. The maximum Gasteiger partial charge on any atom is 0.328 e. The lowest BCUT2D eigenvalue weighted by Crippen LogP contribution is -2.38. The minimum atomic E-state index is -0.602. The summed E-state index contributed by atoms with van der Waals surface area (Å²) in [6.45, 7) is 3.84. The first-order chi connectivity index (χ1) is 13.5. The Morgan fingerprint density at radius 2 is 1.54 bits per heavy atom. The van der Waals surface area contributed by atoms with E-state index >= 15 is 0 Å². The summed E-state index contributed by atoms with van der Waals surface area (Å²) in [7, 11) is 0. The van der Waals surface area contributed by atoms with Crippen molar-refractivity contribution in [2.45, 2.75) is 33.0 Å². The van der Waals surface area contributed by atoms with Gasteiger partial charge in [0.1, 0.15) is 19.2 Å². The average Bonchev–Trinajstić information content (AvgIpc) is 2.92. The van der Waals surface area contributed by atoms with Crippen molar-refractivity contribution in [1.29, 1.82) is 0 Å². The van der Waals surface area contributed by atoms with Crippen LogP contribution < -0.4 is 0 Å². The Morgan fingerprint density at radius 1 is 0.964 bits per heavy atom. The second kappa shape index (κ2) is 8.69. The van der Waals surface area contributed by atoms with E-state index in [-0.39, 0.29) is 25.0 Å². The van der Waals surface area contributed by atoms with Crippen LogP contribution in [0.25, 0.3) is 0 Å². The molecule has 0 N–H and O–H groups in total. The van der Waals surface area contributed by atoms with Crippen LogP contribution in [0.4, 0.5) is 4.79 Å². The zero-order valence-electron chi connectivity index (χ0n) is 16.1. The van der Waals surface area contributed by atoms with Gasteiger partial charge < -0.3 is 9.64 Å². The van der Waals surface area contributed by atoms with Gasteiger partial charge in [-0.2, -0.15) is 0 Å². The Bertz CT molecular complexity index is 836. The molecular weight excluding hydrogens is 356 g/mol. The number of hydrogen-bond acceptors (Lipinski definition) is 4. The predicted molar refractivity (Wildman–Crippen MR) is 104 cm³/mol. The molecule has 0 radical (unpaired) electrons. The van der Waals surface area contributed by atoms with Gasteiger partial charge in [-0.1, -0.05) is 74.5 Å². The van der Waals surface area contributed by atoms with Crippen LogP contribution in [0.5, 0.6) is 0 Å². The van der Waals surface area contributed by atoms with Gasteiger partial charge in [0, 0.05) is 6.54 Å². The first-order valence-corrected chi connectivity index (χ1v) is 9.33. The van der Waals surface area contributed by atoms with Gasteiger partial charge in [0.05, 0.1) is 0 Å². The fraction of sp³-hybridized carbons (Fsp3) is 0.318. The van der Waals surface area contributed by atoms with Crippen molar-refractivity contribution in [3.05, 3.63) is 71.8 Å². The van der Waals surface area contributed by atoms with Gasteiger partial charge >= 0.3 is 12.0 Å². The number of rotatable bonds is 7. The van der Waals surface area contributed by atoms with Gasteiger partial charge in [0.25, 0.3) is 5.91 Å². The highest BCUT2D eigenvalue weighted by molar-refractivity contribution is 6.06. The highest BCUT2D eigenvalue weighted by Gasteiger charge is 2.47. The number of esters is 1. The van der Waals surface area contributed by atoms with Crippen molar-refractivity contribution in [2.24, 2.45) is 5.92 Å². The quantitative estimate of drug-likeness (QED) is 0.546. The van der Waals surface area contributed by atoms with E-state index in [2.05, 4.69) is 0 Å². The summed E-state index contributed by atoms with van der Waals surface area (Å²) in [6, 6.07) is 17.7. The number of carbonyl (C=O) groups is 3. The van der Waals surface area contributed by atoms with Gasteiger partial charge in [-0.25, -0.2) is 4.79 Å². The molecule has 6 nitrogen and oxygen atoms in total. The monoisotopic (exact) mass is 380 g/mol. The van der Waals surface area contributed by atoms with E-state index in [0.29, 0.717) is 6.54 Å². The Hall–Kier alpha value is -3.15. The molecule has 1 aliphatic rings. The van der Waals surface area contributed by atoms with Crippen molar-refractivity contribution >= 4 is 17.9 Å². The first-order valence-electron chi connectivity index (χ1n) is 9.33. The van der Waals surface area contributed by atoms with Crippen LogP contribution in [0, 0.1) is 5.92 Å². The first kappa shape index (κ1) is 19.6. The molecular formula is C22H24N2O4. The van der Waals surface area contributed by atoms with Gasteiger partial charge in [-0.15, -0.1) is 0 Å². The maximum absolute atomic E-state index is 12.9. The second-order valence-corrected chi connectivity index (χ2v) is 7.16. The maximum atomic E-state index is 12.9.